The van der Waals surface area contributed by atoms with Crippen LogP contribution in [0.2, 0.25) is 0 Å². The Labute approximate surface area is 98.8 Å². The summed E-state index contributed by atoms with van der Waals surface area (Å²) >= 11 is 0. The molecule has 1 rings (SSSR count). The number of ether oxygens (including phenoxy) is 1. The molecule has 0 saturated heterocycles. The average molecular weight is 224 g/mol. The zero-order valence-electron chi connectivity index (χ0n) is 10.8. The smallest absolute Gasteiger partial charge is 0.0474 e. The van der Waals surface area contributed by atoms with Gasteiger partial charge >= 0.3 is 0 Å². The van der Waals surface area contributed by atoms with Gasteiger partial charge in [-0.3, -0.25) is 0 Å². The van der Waals surface area contributed by atoms with Gasteiger partial charge in [0.2, 0.25) is 0 Å². The molecule has 0 aliphatic heterocycles. The molecular weight excluding hydrogens is 200 g/mol. The van der Waals surface area contributed by atoms with Crippen LogP contribution in [0.5, 0.6) is 0 Å². The zero-order chi connectivity index (χ0) is 11.8. The van der Waals surface area contributed by atoms with Gasteiger partial charge in [0.1, 0.15) is 0 Å². The van der Waals surface area contributed by atoms with Gasteiger partial charge in [-0.1, -0.05) is 6.92 Å². The van der Waals surface area contributed by atoms with E-state index in [4.69, 9.17) is 4.74 Å². The van der Waals surface area contributed by atoms with E-state index in [1.54, 1.807) is 7.11 Å². The Bertz CT molecular complexity index is 294. The highest BCUT2D eigenvalue weighted by atomic mass is 16.5. The molecule has 0 aromatic carbocycles. The van der Waals surface area contributed by atoms with Gasteiger partial charge in [-0.15, -0.1) is 0 Å². The molecule has 0 aliphatic carbocycles. The van der Waals surface area contributed by atoms with Crippen molar-refractivity contribution in [3.63, 3.8) is 0 Å². The number of nitrogens with one attached hydrogen (secondary N) is 1. The number of aryl methyl sites for hydroxylation is 1. The summed E-state index contributed by atoms with van der Waals surface area (Å²) in [7, 11) is 1.75. The minimum absolute atomic E-state index is 0.835. The lowest BCUT2D eigenvalue weighted by atomic mass is 10.3. The first-order chi connectivity index (χ1) is 7.83. The van der Waals surface area contributed by atoms with E-state index in [9.17, 15) is 0 Å². The van der Waals surface area contributed by atoms with Crippen molar-refractivity contribution >= 4 is 0 Å². The third-order valence-corrected chi connectivity index (χ3v) is 2.85. The fourth-order valence-corrected chi connectivity index (χ4v) is 1.98. The van der Waals surface area contributed by atoms with Crippen LogP contribution in [0.25, 0.3) is 0 Å². The van der Waals surface area contributed by atoms with Crippen LogP contribution in [0, 0.1) is 0 Å². The quantitative estimate of drug-likeness (QED) is 0.685. The van der Waals surface area contributed by atoms with Crippen LogP contribution in [0.15, 0.2) is 12.1 Å². The molecule has 1 aromatic heterocycles. The minimum Gasteiger partial charge on any atom is -0.385 e. The molecule has 0 amide bonds. The maximum atomic E-state index is 5.02. The molecule has 16 heavy (non-hydrogen) atoms. The average Bonchev–Trinajstić information content (AvgIpc) is 2.71. The van der Waals surface area contributed by atoms with Crippen molar-refractivity contribution in [3.05, 3.63) is 23.5 Å². The normalized spacial score (nSPS) is 10.9. The first-order valence-corrected chi connectivity index (χ1v) is 6.20. The van der Waals surface area contributed by atoms with Crippen LogP contribution in [0.4, 0.5) is 0 Å². The molecule has 0 spiro atoms. The Morgan fingerprint density at radius 2 is 2.00 bits per heavy atom. The van der Waals surface area contributed by atoms with E-state index in [-0.39, 0.29) is 0 Å². The summed E-state index contributed by atoms with van der Waals surface area (Å²) in [5.41, 5.74) is 2.81. The maximum absolute atomic E-state index is 5.02. The van der Waals surface area contributed by atoms with Crippen LogP contribution in [-0.4, -0.2) is 24.8 Å². The molecule has 0 atom stereocenters. The Balaban J connectivity index is 2.38. The van der Waals surface area contributed by atoms with E-state index < -0.39 is 0 Å². The predicted octanol–water partition coefficient (Wildman–Crippen LogP) is 2.20. The molecule has 3 heteroatoms. The summed E-state index contributed by atoms with van der Waals surface area (Å²) in [6.07, 6.45) is 2.18. The predicted molar refractivity (Wildman–Crippen MR) is 67.7 cm³/mol. The summed E-state index contributed by atoms with van der Waals surface area (Å²) in [6.45, 7) is 8.28. The van der Waals surface area contributed by atoms with E-state index in [0.717, 1.165) is 39.1 Å². The molecular formula is C13H24N2O. The minimum atomic E-state index is 0.835. The van der Waals surface area contributed by atoms with Gasteiger partial charge in [-0.25, -0.2) is 0 Å². The van der Waals surface area contributed by atoms with Gasteiger partial charge < -0.3 is 14.6 Å². The van der Waals surface area contributed by atoms with Crippen molar-refractivity contribution in [1.82, 2.24) is 9.88 Å². The third kappa shape index (κ3) is 3.65. The van der Waals surface area contributed by atoms with Gasteiger partial charge in [0.25, 0.3) is 0 Å². The lowest BCUT2D eigenvalue weighted by Gasteiger charge is -2.11. The monoisotopic (exact) mass is 224 g/mol. The van der Waals surface area contributed by atoms with Gasteiger partial charge in [-0.05, 0) is 38.4 Å². The molecule has 0 unspecified atom stereocenters. The van der Waals surface area contributed by atoms with Crippen molar-refractivity contribution < 1.29 is 4.74 Å². The molecule has 1 heterocycles. The molecule has 1 aromatic rings. The Kier molecular flexibility index (Phi) is 6.19. The van der Waals surface area contributed by atoms with Gasteiger partial charge in [0, 0.05) is 38.2 Å². The molecule has 92 valence electrons. The first kappa shape index (κ1) is 13.3. The Hall–Kier alpha value is -0.800. The number of aromatic nitrogens is 1. The van der Waals surface area contributed by atoms with Crippen molar-refractivity contribution in [3.8, 4) is 0 Å². The number of hydrogen-bond acceptors (Lipinski definition) is 2. The Morgan fingerprint density at radius 1 is 1.25 bits per heavy atom. The molecule has 0 aliphatic rings. The second-order valence-electron chi connectivity index (χ2n) is 3.94. The van der Waals surface area contributed by atoms with Crippen LogP contribution >= 0.6 is 0 Å². The second kappa shape index (κ2) is 7.47. The lowest BCUT2D eigenvalue weighted by Crippen LogP contribution is -2.18. The highest BCUT2D eigenvalue weighted by Crippen LogP contribution is 2.09. The summed E-state index contributed by atoms with van der Waals surface area (Å²) < 4.78 is 7.41. The van der Waals surface area contributed by atoms with Crippen LogP contribution < -0.4 is 5.32 Å². The third-order valence-electron chi connectivity index (χ3n) is 2.85. The first-order valence-electron chi connectivity index (χ1n) is 6.20. The number of nitrogens with zero attached hydrogens (tertiary/aromatic N) is 1. The van der Waals surface area contributed by atoms with Crippen LogP contribution in [0.1, 0.15) is 31.7 Å². The molecule has 1 N–H and O–H groups in total. The number of hydrogen-bond donors (Lipinski definition) is 1. The maximum Gasteiger partial charge on any atom is 0.0474 e. The molecule has 0 radical (unpaired) electrons. The Morgan fingerprint density at radius 3 is 2.62 bits per heavy atom. The summed E-state index contributed by atoms with van der Waals surface area (Å²) in [5, 5.41) is 3.45. The van der Waals surface area contributed by atoms with Crippen molar-refractivity contribution in [2.24, 2.45) is 0 Å². The second-order valence-corrected chi connectivity index (χ2v) is 3.94. The van der Waals surface area contributed by atoms with Gasteiger partial charge in [-0.2, -0.15) is 0 Å². The summed E-state index contributed by atoms with van der Waals surface area (Å²) in [4.78, 5) is 0. The van der Waals surface area contributed by atoms with E-state index in [1.807, 2.05) is 0 Å². The molecule has 0 fully saturated rings. The van der Waals surface area contributed by atoms with Crippen LogP contribution in [0.3, 0.4) is 0 Å². The van der Waals surface area contributed by atoms with Crippen LogP contribution in [-0.2, 0) is 24.2 Å². The van der Waals surface area contributed by atoms with Gasteiger partial charge in [0.05, 0.1) is 0 Å². The molecule has 3 nitrogen and oxygen atoms in total. The van der Waals surface area contributed by atoms with E-state index in [1.165, 1.54) is 11.4 Å². The fourth-order valence-electron chi connectivity index (χ4n) is 1.98. The van der Waals surface area contributed by atoms with E-state index in [2.05, 4.69) is 35.9 Å². The SMILES string of the molecule is CCc1ccc(CNCCCOC)n1CC. The topological polar surface area (TPSA) is 26.2 Å². The standard InChI is InChI=1S/C13H24N2O/c1-4-12-7-8-13(15(12)5-2)11-14-9-6-10-16-3/h7-8,14H,4-6,9-11H2,1-3H3. The lowest BCUT2D eigenvalue weighted by molar-refractivity contribution is 0.194. The fraction of sp³-hybridized carbons (Fsp3) is 0.692. The van der Waals surface area contributed by atoms with Crippen molar-refractivity contribution in [2.75, 3.05) is 20.3 Å². The highest BCUT2D eigenvalue weighted by molar-refractivity contribution is 5.16. The van der Waals surface area contributed by atoms with Crippen molar-refractivity contribution in [2.45, 2.75) is 39.8 Å². The largest absolute Gasteiger partial charge is 0.385 e. The number of rotatable bonds is 8. The van der Waals surface area contributed by atoms with E-state index in [0.29, 0.717) is 0 Å². The van der Waals surface area contributed by atoms with E-state index >= 15 is 0 Å². The van der Waals surface area contributed by atoms with Gasteiger partial charge in [0.15, 0.2) is 0 Å². The summed E-state index contributed by atoms with van der Waals surface area (Å²) in [5.74, 6) is 0. The summed E-state index contributed by atoms with van der Waals surface area (Å²) in [6, 6.07) is 4.46. The molecule has 0 saturated carbocycles. The highest BCUT2D eigenvalue weighted by Gasteiger charge is 2.04. The zero-order valence-corrected chi connectivity index (χ0v) is 10.8. The molecule has 0 bridgehead atoms. The van der Waals surface area contributed by atoms with Crippen molar-refractivity contribution in [1.29, 1.82) is 0 Å². The number of methoxy groups -OCH3 is 1.